The molecule has 1 N–H and O–H groups in total. The van der Waals surface area contributed by atoms with Crippen molar-refractivity contribution in [3.05, 3.63) is 46.8 Å². The first-order chi connectivity index (χ1) is 12.1. The number of rotatable bonds is 5. The van der Waals surface area contributed by atoms with Crippen LogP contribution in [0.2, 0.25) is 0 Å². The van der Waals surface area contributed by atoms with E-state index in [1.54, 1.807) is 7.05 Å². The van der Waals surface area contributed by atoms with Crippen molar-refractivity contribution >= 4 is 11.7 Å². The molecule has 1 heterocycles. The second kappa shape index (κ2) is 7.80. The Hall–Kier alpha value is -2.51. The second-order valence-corrected chi connectivity index (χ2v) is 6.15. The highest BCUT2D eigenvalue weighted by atomic mass is 19.4. The number of aromatic nitrogens is 2. The maximum absolute atomic E-state index is 12.7. The molecule has 0 saturated heterocycles. The third-order valence-corrected chi connectivity index (χ3v) is 4.32. The lowest BCUT2D eigenvalue weighted by molar-refractivity contribution is -0.137. The molecule has 0 aliphatic rings. The number of alkyl halides is 3. The van der Waals surface area contributed by atoms with Crippen LogP contribution in [0.3, 0.4) is 0 Å². The van der Waals surface area contributed by atoms with Gasteiger partial charge in [0.15, 0.2) is 0 Å². The fourth-order valence-corrected chi connectivity index (χ4v) is 2.78. The summed E-state index contributed by atoms with van der Waals surface area (Å²) in [4.78, 5) is 13.7. The lowest BCUT2D eigenvalue weighted by Crippen LogP contribution is -2.33. The summed E-state index contributed by atoms with van der Waals surface area (Å²) in [7, 11) is 1.61. The predicted molar refractivity (Wildman–Crippen MR) is 94.2 cm³/mol. The Bertz CT molecular complexity index is 783. The van der Waals surface area contributed by atoms with Crippen molar-refractivity contribution in [3.63, 3.8) is 0 Å². The molecule has 0 bridgehead atoms. The molecule has 2 amide bonds. The summed E-state index contributed by atoms with van der Waals surface area (Å²) in [6.45, 7) is 7.14. The maximum atomic E-state index is 12.7. The normalized spacial score (nSPS) is 11.5. The molecule has 2 aromatic rings. The number of aryl methyl sites for hydroxylation is 2. The van der Waals surface area contributed by atoms with Gasteiger partial charge in [-0.1, -0.05) is 6.07 Å². The van der Waals surface area contributed by atoms with E-state index in [1.807, 2.05) is 25.5 Å². The van der Waals surface area contributed by atoms with Crippen molar-refractivity contribution in [2.45, 2.75) is 39.9 Å². The van der Waals surface area contributed by atoms with E-state index < -0.39 is 17.8 Å². The molecule has 0 fully saturated rings. The van der Waals surface area contributed by atoms with Gasteiger partial charge in [0.05, 0.1) is 11.3 Å². The van der Waals surface area contributed by atoms with Gasteiger partial charge in [-0.3, -0.25) is 4.68 Å². The molecule has 0 radical (unpaired) electrons. The summed E-state index contributed by atoms with van der Waals surface area (Å²) in [5.74, 6) is 0. The predicted octanol–water partition coefficient (Wildman–Crippen LogP) is 4.25. The number of anilines is 1. The van der Waals surface area contributed by atoms with Crippen molar-refractivity contribution in [2.24, 2.45) is 0 Å². The highest BCUT2D eigenvalue weighted by molar-refractivity contribution is 5.89. The summed E-state index contributed by atoms with van der Waals surface area (Å²) in [5.41, 5.74) is 2.40. The highest BCUT2D eigenvalue weighted by Crippen LogP contribution is 2.30. The smallest absolute Gasteiger partial charge is 0.327 e. The number of halogens is 3. The topological polar surface area (TPSA) is 50.2 Å². The average molecular weight is 368 g/mol. The minimum atomic E-state index is -4.44. The Labute approximate surface area is 150 Å². The van der Waals surface area contributed by atoms with E-state index in [1.165, 1.54) is 17.0 Å². The largest absolute Gasteiger partial charge is 0.416 e. The summed E-state index contributed by atoms with van der Waals surface area (Å²) >= 11 is 0. The fourth-order valence-electron chi connectivity index (χ4n) is 2.78. The van der Waals surface area contributed by atoms with Gasteiger partial charge < -0.3 is 10.2 Å². The molecule has 0 atom stereocenters. The highest BCUT2D eigenvalue weighted by Gasteiger charge is 2.30. The molecular weight excluding hydrogens is 345 g/mol. The average Bonchev–Trinajstić information content (AvgIpc) is 2.85. The Balaban J connectivity index is 1.99. The van der Waals surface area contributed by atoms with Crippen LogP contribution in [0.25, 0.3) is 0 Å². The number of carbonyl (C=O) groups is 1. The van der Waals surface area contributed by atoms with E-state index in [4.69, 9.17) is 0 Å². The molecule has 142 valence electrons. The van der Waals surface area contributed by atoms with E-state index in [0.29, 0.717) is 13.0 Å². The van der Waals surface area contributed by atoms with Gasteiger partial charge in [-0.05, 0) is 51.0 Å². The van der Waals surface area contributed by atoms with E-state index in [-0.39, 0.29) is 5.69 Å². The Morgan fingerprint density at radius 3 is 2.58 bits per heavy atom. The van der Waals surface area contributed by atoms with Crippen molar-refractivity contribution in [2.75, 3.05) is 18.9 Å². The van der Waals surface area contributed by atoms with Crippen LogP contribution in [-0.4, -0.2) is 34.3 Å². The van der Waals surface area contributed by atoms with Crippen LogP contribution in [0, 0.1) is 13.8 Å². The number of nitrogens with zero attached hydrogens (tertiary/aromatic N) is 3. The van der Waals surface area contributed by atoms with Crippen LogP contribution in [-0.2, 0) is 19.1 Å². The molecule has 26 heavy (non-hydrogen) atoms. The van der Waals surface area contributed by atoms with Crippen LogP contribution in [0.4, 0.5) is 23.7 Å². The van der Waals surface area contributed by atoms with Crippen LogP contribution in [0.5, 0.6) is 0 Å². The molecule has 0 aliphatic heterocycles. The molecule has 2 rings (SSSR count). The molecule has 0 aliphatic carbocycles. The van der Waals surface area contributed by atoms with Crippen LogP contribution in [0.1, 0.15) is 29.4 Å². The lowest BCUT2D eigenvalue weighted by Gasteiger charge is -2.18. The zero-order chi connectivity index (χ0) is 19.5. The standard InChI is InChI=1S/C18H23F3N4O/c1-5-25-13(3)16(12(2)23-25)9-10-24(4)17(26)22-15-8-6-7-14(11-15)18(19,20)21/h6-8,11H,5,9-10H2,1-4H3,(H,22,26). The molecular formula is C18H23F3N4O. The minimum Gasteiger partial charge on any atom is -0.327 e. The first-order valence-electron chi connectivity index (χ1n) is 8.35. The summed E-state index contributed by atoms with van der Waals surface area (Å²) in [5, 5.41) is 6.95. The molecule has 8 heteroatoms. The number of hydrogen-bond acceptors (Lipinski definition) is 2. The molecule has 0 unspecified atom stereocenters. The van der Waals surface area contributed by atoms with Crippen molar-refractivity contribution < 1.29 is 18.0 Å². The molecule has 1 aromatic heterocycles. The monoisotopic (exact) mass is 368 g/mol. The minimum absolute atomic E-state index is 0.114. The molecule has 0 spiro atoms. The van der Waals surface area contributed by atoms with Gasteiger partial charge in [-0.2, -0.15) is 18.3 Å². The Kier molecular flexibility index (Phi) is 5.94. The molecule has 1 aromatic carbocycles. The van der Waals surface area contributed by atoms with Crippen LogP contribution in [0.15, 0.2) is 24.3 Å². The van der Waals surface area contributed by atoms with E-state index in [9.17, 15) is 18.0 Å². The van der Waals surface area contributed by atoms with Gasteiger partial charge in [0.25, 0.3) is 0 Å². The summed E-state index contributed by atoms with van der Waals surface area (Å²) < 4.78 is 40.2. The third-order valence-electron chi connectivity index (χ3n) is 4.32. The third kappa shape index (κ3) is 4.56. The number of likely N-dealkylation sites (N-methyl/N-ethyl adjacent to an activating group) is 1. The van der Waals surface area contributed by atoms with Crippen molar-refractivity contribution in [1.29, 1.82) is 0 Å². The van der Waals surface area contributed by atoms with Gasteiger partial charge in [0.2, 0.25) is 0 Å². The zero-order valence-electron chi connectivity index (χ0n) is 15.3. The lowest BCUT2D eigenvalue weighted by atomic mass is 10.1. The van der Waals surface area contributed by atoms with Gasteiger partial charge in [0.1, 0.15) is 0 Å². The zero-order valence-corrected chi connectivity index (χ0v) is 15.3. The summed E-state index contributed by atoms with van der Waals surface area (Å²) in [6, 6.07) is 4.13. The fraction of sp³-hybridized carbons (Fsp3) is 0.444. The van der Waals surface area contributed by atoms with Crippen LogP contribution >= 0.6 is 0 Å². The van der Waals surface area contributed by atoms with E-state index in [2.05, 4.69) is 10.4 Å². The maximum Gasteiger partial charge on any atom is 0.416 e. The molecule has 5 nitrogen and oxygen atoms in total. The Morgan fingerprint density at radius 1 is 1.31 bits per heavy atom. The number of benzene rings is 1. The van der Waals surface area contributed by atoms with Crippen LogP contribution < -0.4 is 5.32 Å². The van der Waals surface area contributed by atoms with Gasteiger partial charge in [-0.15, -0.1) is 0 Å². The first-order valence-corrected chi connectivity index (χ1v) is 8.35. The second-order valence-electron chi connectivity index (χ2n) is 6.15. The number of urea groups is 1. The number of amides is 2. The number of nitrogens with one attached hydrogen (secondary N) is 1. The number of hydrogen-bond donors (Lipinski definition) is 1. The van der Waals surface area contributed by atoms with Gasteiger partial charge in [-0.25, -0.2) is 4.79 Å². The first kappa shape index (κ1) is 19.8. The van der Waals surface area contributed by atoms with Gasteiger partial charge >= 0.3 is 12.2 Å². The van der Waals surface area contributed by atoms with E-state index in [0.717, 1.165) is 35.6 Å². The quantitative estimate of drug-likeness (QED) is 0.858. The molecule has 0 saturated carbocycles. The van der Waals surface area contributed by atoms with Crippen molar-refractivity contribution in [1.82, 2.24) is 14.7 Å². The van der Waals surface area contributed by atoms with Crippen molar-refractivity contribution in [3.8, 4) is 0 Å². The SMILES string of the molecule is CCn1nc(C)c(CCN(C)C(=O)Nc2cccc(C(F)(F)F)c2)c1C. The van der Waals surface area contributed by atoms with Gasteiger partial charge in [0, 0.05) is 31.5 Å². The van der Waals surface area contributed by atoms with E-state index >= 15 is 0 Å². The Morgan fingerprint density at radius 2 is 2.00 bits per heavy atom. The number of carbonyl (C=O) groups excluding carboxylic acids is 1. The summed E-state index contributed by atoms with van der Waals surface area (Å²) in [6.07, 6.45) is -3.81.